The summed E-state index contributed by atoms with van der Waals surface area (Å²) in [5.74, 6) is -0.950. The third-order valence-corrected chi connectivity index (χ3v) is 4.56. The first-order valence-electron chi connectivity index (χ1n) is 7.30. The summed E-state index contributed by atoms with van der Waals surface area (Å²) < 4.78 is 0. The lowest BCUT2D eigenvalue weighted by Crippen LogP contribution is -2.42. The van der Waals surface area contributed by atoms with Crippen molar-refractivity contribution in [3.8, 4) is 0 Å². The van der Waals surface area contributed by atoms with Crippen molar-refractivity contribution in [3.05, 3.63) is 0 Å². The maximum Gasteiger partial charge on any atom is 0.320 e. The molecule has 0 radical (unpaired) electrons. The van der Waals surface area contributed by atoms with Crippen LogP contribution in [-0.2, 0) is 9.59 Å². The molecule has 2 N–H and O–H groups in total. The molecule has 0 aromatic rings. The summed E-state index contributed by atoms with van der Waals surface area (Å²) in [6, 6.07) is 0.0672. The summed E-state index contributed by atoms with van der Waals surface area (Å²) in [5, 5.41) is 18.0. The summed E-state index contributed by atoms with van der Waals surface area (Å²) in [6.45, 7) is 0.728. The van der Waals surface area contributed by atoms with Gasteiger partial charge in [0.2, 0.25) is 0 Å². The van der Waals surface area contributed by atoms with Crippen LogP contribution in [0.4, 0.5) is 0 Å². The van der Waals surface area contributed by atoms with Gasteiger partial charge in [0.15, 0.2) is 0 Å². The third-order valence-electron chi connectivity index (χ3n) is 4.56. The van der Waals surface area contributed by atoms with Crippen molar-refractivity contribution >= 4 is 11.9 Å². The smallest absolute Gasteiger partial charge is 0.320 e. The first kappa shape index (κ1) is 14.3. The molecule has 1 heterocycles. The number of hydrogen-bond acceptors (Lipinski definition) is 3. The van der Waals surface area contributed by atoms with E-state index >= 15 is 0 Å². The second kappa shape index (κ2) is 6.37. The normalized spacial score (nSPS) is 31.1. The average Bonchev–Trinajstić information content (AvgIpc) is 2.73. The van der Waals surface area contributed by atoms with E-state index in [1.165, 1.54) is 12.8 Å². The minimum absolute atomic E-state index is 0.180. The molecule has 5 heteroatoms. The van der Waals surface area contributed by atoms with Crippen LogP contribution in [-0.4, -0.2) is 45.7 Å². The predicted octanol–water partition coefficient (Wildman–Crippen LogP) is 1.96. The zero-order valence-electron chi connectivity index (χ0n) is 11.3. The molecular weight excluding hydrogens is 246 g/mol. The zero-order valence-corrected chi connectivity index (χ0v) is 11.3. The van der Waals surface area contributed by atoms with Gasteiger partial charge in [-0.1, -0.05) is 12.8 Å². The van der Waals surface area contributed by atoms with E-state index in [-0.39, 0.29) is 12.5 Å². The Bertz CT molecular complexity index is 344. The molecule has 3 unspecified atom stereocenters. The number of carboxylic acids is 2. The molecule has 1 saturated carbocycles. The molecule has 0 bridgehead atoms. The first-order chi connectivity index (χ1) is 9.09. The lowest BCUT2D eigenvalue weighted by atomic mass is 9.85. The minimum Gasteiger partial charge on any atom is -0.481 e. The molecule has 3 atom stereocenters. The Morgan fingerprint density at radius 3 is 2.53 bits per heavy atom. The van der Waals surface area contributed by atoms with Gasteiger partial charge in [-0.3, -0.25) is 14.5 Å². The molecule has 5 nitrogen and oxygen atoms in total. The van der Waals surface area contributed by atoms with Crippen LogP contribution in [0.15, 0.2) is 0 Å². The van der Waals surface area contributed by atoms with Crippen molar-refractivity contribution in [2.45, 2.75) is 63.5 Å². The topological polar surface area (TPSA) is 77.8 Å². The van der Waals surface area contributed by atoms with Crippen molar-refractivity contribution in [1.82, 2.24) is 4.90 Å². The molecule has 2 fully saturated rings. The van der Waals surface area contributed by atoms with Crippen molar-refractivity contribution < 1.29 is 19.8 Å². The Balaban J connectivity index is 1.90. The largest absolute Gasteiger partial charge is 0.481 e. The standard InChI is InChI=1S/C14H23NO4/c16-13(17)7-3-4-8-15-11-6-2-1-5-10(11)9-12(15)14(18)19/h10-12H,1-9H2,(H,16,17)(H,18,19). The van der Waals surface area contributed by atoms with E-state index in [9.17, 15) is 14.7 Å². The van der Waals surface area contributed by atoms with Crippen LogP contribution in [0.2, 0.25) is 0 Å². The van der Waals surface area contributed by atoms with Crippen molar-refractivity contribution in [1.29, 1.82) is 0 Å². The summed E-state index contributed by atoms with van der Waals surface area (Å²) in [7, 11) is 0. The van der Waals surface area contributed by atoms with Crippen LogP contribution in [0, 0.1) is 5.92 Å². The summed E-state index contributed by atoms with van der Waals surface area (Å²) >= 11 is 0. The van der Waals surface area contributed by atoms with Gasteiger partial charge in [-0.15, -0.1) is 0 Å². The van der Waals surface area contributed by atoms with Gasteiger partial charge in [0, 0.05) is 12.5 Å². The molecule has 1 saturated heterocycles. The van der Waals surface area contributed by atoms with Gasteiger partial charge in [0.1, 0.15) is 6.04 Å². The predicted molar refractivity (Wildman–Crippen MR) is 70.0 cm³/mol. The number of fused-ring (bicyclic) bond motifs is 1. The van der Waals surface area contributed by atoms with E-state index in [1.807, 2.05) is 0 Å². The van der Waals surface area contributed by atoms with Gasteiger partial charge in [-0.2, -0.15) is 0 Å². The molecule has 0 amide bonds. The first-order valence-corrected chi connectivity index (χ1v) is 7.30. The van der Waals surface area contributed by atoms with E-state index in [0.29, 0.717) is 18.4 Å². The van der Waals surface area contributed by atoms with E-state index < -0.39 is 11.9 Å². The fraction of sp³-hybridized carbons (Fsp3) is 0.857. The van der Waals surface area contributed by atoms with Gasteiger partial charge in [-0.25, -0.2) is 0 Å². The van der Waals surface area contributed by atoms with Gasteiger partial charge in [-0.05, 0) is 44.6 Å². The highest BCUT2D eigenvalue weighted by Crippen LogP contribution is 2.39. The Labute approximate surface area is 113 Å². The summed E-state index contributed by atoms with van der Waals surface area (Å²) in [4.78, 5) is 24.0. The highest BCUT2D eigenvalue weighted by molar-refractivity contribution is 5.74. The Kier molecular flexibility index (Phi) is 4.80. The lowest BCUT2D eigenvalue weighted by Gasteiger charge is -2.32. The monoisotopic (exact) mass is 269 g/mol. The van der Waals surface area contributed by atoms with Crippen LogP contribution >= 0.6 is 0 Å². The molecule has 108 valence electrons. The third kappa shape index (κ3) is 3.47. The lowest BCUT2D eigenvalue weighted by molar-refractivity contribution is -0.143. The quantitative estimate of drug-likeness (QED) is 0.721. The fourth-order valence-corrected chi connectivity index (χ4v) is 3.69. The zero-order chi connectivity index (χ0) is 13.8. The van der Waals surface area contributed by atoms with E-state index in [0.717, 1.165) is 32.2 Å². The molecule has 0 aromatic carbocycles. The van der Waals surface area contributed by atoms with Crippen molar-refractivity contribution in [2.24, 2.45) is 5.92 Å². The number of nitrogens with zero attached hydrogens (tertiary/aromatic N) is 1. The van der Waals surface area contributed by atoms with E-state index in [4.69, 9.17) is 5.11 Å². The molecule has 1 aliphatic heterocycles. The number of aliphatic carboxylic acids is 2. The van der Waals surface area contributed by atoms with Crippen LogP contribution in [0.25, 0.3) is 0 Å². The number of unbranched alkanes of at least 4 members (excludes halogenated alkanes) is 1. The van der Waals surface area contributed by atoms with Crippen LogP contribution < -0.4 is 0 Å². The highest BCUT2D eigenvalue weighted by Gasteiger charge is 2.44. The van der Waals surface area contributed by atoms with E-state index in [1.54, 1.807) is 0 Å². The molecule has 2 rings (SSSR count). The number of carboxylic acid groups (broad SMARTS) is 2. The summed E-state index contributed by atoms with van der Waals surface area (Å²) in [5.41, 5.74) is 0. The molecule has 2 aliphatic rings. The Morgan fingerprint density at radius 2 is 1.84 bits per heavy atom. The van der Waals surface area contributed by atoms with Gasteiger partial charge in [0.05, 0.1) is 0 Å². The van der Waals surface area contributed by atoms with Gasteiger partial charge >= 0.3 is 11.9 Å². The fourth-order valence-electron chi connectivity index (χ4n) is 3.69. The van der Waals surface area contributed by atoms with E-state index in [2.05, 4.69) is 4.90 Å². The Morgan fingerprint density at radius 1 is 1.11 bits per heavy atom. The summed E-state index contributed by atoms with van der Waals surface area (Å²) in [6.07, 6.45) is 7.04. The van der Waals surface area contributed by atoms with Crippen molar-refractivity contribution in [2.75, 3.05) is 6.54 Å². The van der Waals surface area contributed by atoms with Crippen LogP contribution in [0.5, 0.6) is 0 Å². The number of likely N-dealkylation sites (tertiary alicyclic amines) is 1. The maximum atomic E-state index is 11.4. The van der Waals surface area contributed by atoms with Gasteiger partial charge in [0.25, 0.3) is 0 Å². The Hall–Kier alpha value is -1.10. The van der Waals surface area contributed by atoms with Crippen LogP contribution in [0.3, 0.4) is 0 Å². The number of rotatable bonds is 6. The van der Waals surface area contributed by atoms with Gasteiger partial charge < -0.3 is 10.2 Å². The SMILES string of the molecule is O=C(O)CCCCN1C(C(=O)O)CC2CCCCC21. The number of carbonyl (C=O) groups is 2. The molecule has 1 aliphatic carbocycles. The molecule has 19 heavy (non-hydrogen) atoms. The minimum atomic E-state index is -0.772. The van der Waals surface area contributed by atoms with Crippen LogP contribution in [0.1, 0.15) is 51.4 Å². The van der Waals surface area contributed by atoms with Crippen molar-refractivity contribution in [3.63, 3.8) is 0 Å². The second-order valence-electron chi connectivity index (χ2n) is 5.79. The average molecular weight is 269 g/mol. The highest BCUT2D eigenvalue weighted by atomic mass is 16.4. The molecular formula is C14H23NO4. The molecule has 0 aromatic heterocycles. The second-order valence-corrected chi connectivity index (χ2v) is 5.79. The number of hydrogen-bond donors (Lipinski definition) is 2. The maximum absolute atomic E-state index is 11.4. The molecule has 0 spiro atoms.